The minimum absolute atomic E-state index is 0.0174. The van der Waals surface area contributed by atoms with Crippen LogP contribution >= 0.6 is 22.9 Å². The van der Waals surface area contributed by atoms with Gasteiger partial charge < -0.3 is 9.32 Å². The second-order valence-electron chi connectivity index (χ2n) is 9.02. The van der Waals surface area contributed by atoms with Gasteiger partial charge in [0.1, 0.15) is 17.9 Å². The molecule has 34 heavy (non-hydrogen) atoms. The normalized spacial score (nSPS) is 16.1. The lowest BCUT2D eigenvalue weighted by Gasteiger charge is -2.23. The molecule has 4 aromatic rings. The fraction of sp³-hybridized carbons (Fsp3) is 0.292. The highest BCUT2D eigenvalue weighted by Gasteiger charge is 2.45. The zero-order valence-electron chi connectivity index (χ0n) is 18.5. The molecule has 0 unspecified atom stereocenters. The van der Waals surface area contributed by atoms with Crippen molar-refractivity contribution in [1.82, 2.24) is 24.8 Å². The molecule has 1 fully saturated rings. The molecule has 1 amide bonds. The van der Waals surface area contributed by atoms with E-state index in [2.05, 4.69) is 52.8 Å². The van der Waals surface area contributed by atoms with Gasteiger partial charge in [-0.3, -0.25) is 7.91 Å². The number of fused-ring (bicyclic) bond motifs is 2. The topological polar surface area (TPSA) is 88.3 Å². The van der Waals surface area contributed by atoms with E-state index < -0.39 is 0 Å². The Morgan fingerprint density at radius 1 is 1.18 bits per heavy atom. The molecule has 0 N–H and O–H groups in total. The maximum Gasteiger partial charge on any atom is 0.258 e. The Balaban J connectivity index is 1.34. The summed E-state index contributed by atoms with van der Waals surface area (Å²) in [6.45, 7) is 4.71. The number of anilines is 1. The van der Waals surface area contributed by atoms with E-state index in [1.165, 1.54) is 18.5 Å². The molecule has 172 valence electrons. The monoisotopic (exact) mass is 570 g/mol. The van der Waals surface area contributed by atoms with Gasteiger partial charge in [0.15, 0.2) is 11.6 Å². The van der Waals surface area contributed by atoms with Gasteiger partial charge in [-0.05, 0) is 51.0 Å². The lowest BCUT2D eigenvalue weighted by molar-refractivity contribution is 0.0750. The van der Waals surface area contributed by atoms with Crippen molar-refractivity contribution in [3.8, 4) is 11.4 Å². The van der Waals surface area contributed by atoms with Crippen LogP contribution in [0.15, 0.2) is 41.2 Å². The summed E-state index contributed by atoms with van der Waals surface area (Å²) in [4.78, 5) is 33.4. The van der Waals surface area contributed by atoms with Crippen molar-refractivity contribution in [3.05, 3.63) is 65.2 Å². The van der Waals surface area contributed by atoms with E-state index in [4.69, 9.17) is 4.42 Å². The number of furan rings is 1. The average Bonchev–Trinajstić information content (AvgIpc) is 3.29. The van der Waals surface area contributed by atoms with Crippen molar-refractivity contribution in [2.75, 3.05) is 3.11 Å². The van der Waals surface area contributed by atoms with Crippen molar-refractivity contribution in [3.63, 3.8) is 0 Å². The first-order valence-electron chi connectivity index (χ1n) is 10.9. The number of nitrogens with zero attached hydrogens (tertiary/aromatic N) is 6. The van der Waals surface area contributed by atoms with Gasteiger partial charge in [-0.2, -0.15) is 0 Å². The van der Waals surface area contributed by atoms with Crippen molar-refractivity contribution >= 4 is 45.7 Å². The number of hydrogen-bond donors (Lipinski definition) is 0. The second-order valence-corrected chi connectivity index (χ2v) is 9.99. The number of carbonyl (C=O) groups is 1. The van der Waals surface area contributed by atoms with Crippen LogP contribution in [0, 0.1) is 12.7 Å². The number of hydrogen-bond acceptors (Lipinski definition) is 7. The van der Waals surface area contributed by atoms with E-state index in [9.17, 15) is 9.18 Å². The Labute approximate surface area is 208 Å². The van der Waals surface area contributed by atoms with Gasteiger partial charge in [0.05, 0.1) is 46.1 Å². The summed E-state index contributed by atoms with van der Waals surface area (Å²) in [6.07, 6.45) is 5.35. The summed E-state index contributed by atoms with van der Waals surface area (Å²) in [5.74, 6) is 1.25. The number of halogens is 2. The van der Waals surface area contributed by atoms with Gasteiger partial charge in [-0.25, -0.2) is 24.3 Å². The SMILES string of the molecule is Cc1oc2ncnc(N(I)C3(C)CC3)c2c1C(=O)N1Cc2cnc(-c3ccc(F)cc3)nc2C1. The first-order chi connectivity index (χ1) is 16.3. The zero-order valence-corrected chi connectivity index (χ0v) is 20.7. The van der Waals surface area contributed by atoms with Gasteiger partial charge in [-0.15, -0.1) is 0 Å². The third-order valence-corrected chi connectivity index (χ3v) is 8.16. The molecule has 0 bridgehead atoms. The van der Waals surface area contributed by atoms with Crippen LogP contribution in [0.2, 0.25) is 0 Å². The molecular formula is C24H20FIN6O2. The molecule has 0 atom stereocenters. The Morgan fingerprint density at radius 3 is 2.68 bits per heavy atom. The zero-order chi connectivity index (χ0) is 23.6. The number of rotatable bonds is 4. The number of aromatic nitrogens is 4. The number of amides is 1. The van der Waals surface area contributed by atoms with Crippen LogP contribution in [0.1, 0.15) is 47.1 Å². The minimum Gasteiger partial charge on any atom is -0.442 e. The van der Waals surface area contributed by atoms with Gasteiger partial charge in [0.25, 0.3) is 5.91 Å². The molecule has 2 aliphatic rings. The van der Waals surface area contributed by atoms with E-state index >= 15 is 0 Å². The van der Waals surface area contributed by atoms with Crippen LogP contribution in [0.3, 0.4) is 0 Å². The highest BCUT2D eigenvalue weighted by Crippen LogP contribution is 2.47. The van der Waals surface area contributed by atoms with Crippen LogP contribution in [0.25, 0.3) is 22.5 Å². The summed E-state index contributed by atoms with van der Waals surface area (Å²) >= 11 is 2.27. The smallest absolute Gasteiger partial charge is 0.258 e. The molecule has 1 saturated carbocycles. The Kier molecular flexibility index (Phi) is 4.84. The average molecular weight is 570 g/mol. The van der Waals surface area contributed by atoms with Crippen LogP contribution in [0.4, 0.5) is 10.2 Å². The molecule has 6 rings (SSSR count). The van der Waals surface area contributed by atoms with Crippen LogP contribution in [-0.2, 0) is 13.1 Å². The van der Waals surface area contributed by atoms with Gasteiger partial charge in [-0.1, -0.05) is 0 Å². The van der Waals surface area contributed by atoms with E-state index in [0.717, 1.165) is 29.7 Å². The Bertz CT molecular complexity index is 1450. The van der Waals surface area contributed by atoms with Crippen molar-refractivity contribution < 1.29 is 13.6 Å². The molecule has 0 spiro atoms. The third-order valence-electron chi connectivity index (χ3n) is 6.54. The van der Waals surface area contributed by atoms with Gasteiger partial charge in [0.2, 0.25) is 5.71 Å². The fourth-order valence-electron chi connectivity index (χ4n) is 4.26. The number of carbonyl (C=O) groups excluding carboxylic acids is 1. The lowest BCUT2D eigenvalue weighted by Crippen LogP contribution is -2.28. The molecule has 0 saturated heterocycles. The molecule has 0 radical (unpaired) electrons. The molecule has 1 aliphatic heterocycles. The molecule has 3 aromatic heterocycles. The van der Waals surface area contributed by atoms with E-state index in [1.54, 1.807) is 30.2 Å². The summed E-state index contributed by atoms with van der Waals surface area (Å²) in [5.41, 5.74) is 3.31. The highest BCUT2D eigenvalue weighted by molar-refractivity contribution is 14.1. The van der Waals surface area contributed by atoms with Crippen LogP contribution in [-0.4, -0.2) is 36.3 Å². The van der Waals surface area contributed by atoms with Crippen molar-refractivity contribution in [2.24, 2.45) is 0 Å². The standard InChI is InChI=1S/C24H20FIN6O2/c1-13-18(19-21(28-12-29-22(19)34-13)32(26)24(2)7-8-24)23(33)31-10-15-9-27-20(30-17(15)11-31)14-3-5-16(25)6-4-14/h3-6,9,12H,7-8,10-11H2,1-2H3. The van der Waals surface area contributed by atoms with Crippen LogP contribution in [0.5, 0.6) is 0 Å². The number of aryl methyl sites for hydroxylation is 1. The molecule has 8 nitrogen and oxygen atoms in total. The highest BCUT2D eigenvalue weighted by atomic mass is 127. The first kappa shape index (κ1) is 21.4. The molecule has 1 aliphatic carbocycles. The predicted molar refractivity (Wildman–Crippen MR) is 132 cm³/mol. The van der Waals surface area contributed by atoms with Gasteiger partial charge >= 0.3 is 0 Å². The minimum atomic E-state index is -0.312. The Hall–Kier alpha value is -3.15. The van der Waals surface area contributed by atoms with Gasteiger partial charge in [0, 0.05) is 29.4 Å². The summed E-state index contributed by atoms with van der Waals surface area (Å²) in [6, 6.07) is 6.06. The third kappa shape index (κ3) is 3.42. The molecule has 1 aromatic carbocycles. The quantitative estimate of drug-likeness (QED) is 0.252. The summed E-state index contributed by atoms with van der Waals surface area (Å²) in [5, 5.41) is 0.640. The maximum absolute atomic E-state index is 13.7. The van der Waals surface area contributed by atoms with E-state index in [1.807, 2.05) is 0 Å². The van der Waals surface area contributed by atoms with Crippen molar-refractivity contribution in [1.29, 1.82) is 0 Å². The largest absolute Gasteiger partial charge is 0.442 e. The second kappa shape index (κ2) is 7.69. The predicted octanol–water partition coefficient (Wildman–Crippen LogP) is 4.99. The number of benzene rings is 1. The maximum atomic E-state index is 13.7. The van der Waals surface area contributed by atoms with E-state index in [-0.39, 0.29) is 17.3 Å². The van der Waals surface area contributed by atoms with E-state index in [0.29, 0.717) is 47.2 Å². The summed E-state index contributed by atoms with van der Waals surface area (Å²) < 4.78 is 21.3. The molecule has 10 heteroatoms. The molecule has 4 heterocycles. The first-order valence-corrected chi connectivity index (χ1v) is 11.9. The molecular weight excluding hydrogens is 550 g/mol. The van der Waals surface area contributed by atoms with Crippen molar-refractivity contribution in [2.45, 2.75) is 45.3 Å². The summed E-state index contributed by atoms with van der Waals surface area (Å²) in [7, 11) is 0. The van der Waals surface area contributed by atoms with Crippen LogP contribution < -0.4 is 3.11 Å². The fourth-order valence-corrected chi connectivity index (χ4v) is 5.11. The lowest BCUT2D eigenvalue weighted by atomic mass is 10.1. The Morgan fingerprint density at radius 2 is 1.94 bits per heavy atom.